The van der Waals surface area contributed by atoms with Crippen LogP contribution in [0.15, 0.2) is 0 Å². The quantitative estimate of drug-likeness (QED) is 0.431. The molecule has 0 spiro atoms. The second-order valence-electron chi connectivity index (χ2n) is 5.97. The molecule has 94 valence electrons. The van der Waals surface area contributed by atoms with Gasteiger partial charge in [-0.25, -0.2) is 5.84 Å². The highest BCUT2D eigenvalue weighted by molar-refractivity contribution is 5.75. The molecule has 1 aliphatic rings. The van der Waals surface area contributed by atoms with Gasteiger partial charge in [0.1, 0.15) is 0 Å². The average molecular weight is 227 g/mol. The number of amides is 1. The van der Waals surface area contributed by atoms with E-state index in [4.69, 9.17) is 5.84 Å². The summed E-state index contributed by atoms with van der Waals surface area (Å²) < 4.78 is 0. The fraction of sp³-hybridized carbons (Fsp3) is 0.917. The van der Waals surface area contributed by atoms with Crippen LogP contribution in [0.3, 0.4) is 0 Å². The predicted molar refractivity (Wildman–Crippen MR) is 65.5 cm³/mol. The zero-order chi connectivity index (χ0) is 12.3. The van der Waals surface area contributed by atoms with E-state index in [0.717, 1.165) is 19.0 Å². The molecule has 0 aromatic carbocycles. The number of nitrogens with one attached hydrogen (secondary N) is 1. The minimum absolute atomic E-state index is 0.0771. The molecule has 0 radical (unpaired) electrons. The van der Waals surface area contributed by atoms with Crippen LogP contribution >= 0.6 is 0 Å². The van der Waals surface area contributed by atoms with E-state index in [1.165, 1.54) is 6.42 Å². The van der Waals surface area contributed by atoms with Gasteiger partial charge in [-0.05, 0) is 31.2 Å². The fourth-order valence-corrected chi connectivity index (χ4v) is 2.35. The second kappa shape index (κ2) is 5.15. The SMILES string of the molecule is CC(CC(=O)NN)N1CCC(C(C)(C)C)C1. The normalized spacial score (nSPS) is 24.4. The molecular formula is C12H25N3O. The summed E-state index contributed by atoms with van der Waals surface area (Å²) in [5.74, 6) is 5.75. The molecule has 2 unspecified atom stereocenters. The Balaban J connectivity index is 2.44. The molecule has 3 N–H and O–H groups in total. The molecule has 4 nitrogen and oxygen atoms in total. The molecule has 0 aromatic heterocycles. The lowest BCUT2D eigenvalue weighted by Gasteiger charge is -2.29. The number of nitrogens with two attached hydrogens (primary N) is 1. The van der Waals surface area contributed by atoms with Crippen molar-refractivity contribution in [1.82, 2.24) is 10.3 Å². The fourth-order valence-electron chi connectivity index (χ4n) is 2.35. The van der Waals surface area contributed by atoms with Crippen molar-refractivity contribution < 1.29 is 4.79 Å². The minimum atomic E-state index is -0.0771. The first-order valence-corrected chi connectivity index (χ1v) is 6.08. The van der Waals surface area contributed by atoms with Crippen molar-refractivity contribution in [3.63, 3.8) is 0 Å². The molecule has 1 heterocycles. The van der Waals surface area contributed by atoms with E-state index in [9.17, 15) is 4.79 Å². The molecule has 0 aliphatic carbocycles. The van der Waals surface area contributed by atoms with E-state index in [0.29, 0.717) is 11.8 Å². The molecule has 0 saturated carbocycles. The number of hydrazine groups is 1. The number of nitrogens with zero attached hydrogens (tertiary/aromatic N) is 1. The monoisotopic (exact) mass is 227 g/mol. The molecule has 0 aromatic rings. The van der Waals surface area contributed by atoms with Gasteiger partial charge in [-0.3, -0.25) is 15.1 Å². The van der Waals surface area contributed by atoms with E-state index in [1.54, 1.807) is 0 Å². The van der Waals surface area contributed by atoms with Gasteiger partial charge in [0.2, 0.25) is 5.91 Å². The van der Waals surface area contributed by atoms with Gasteiger partial charge in [0.25, 0.3) is 0 Å². The molecule has 1 saturated heterocycles. The molecule has 1 fully saturated rings. The highest BCUT2D eigenvalue weighted by Gasteiger charge is 2.33. The van der Waals surface area contributed by atoms with Crippen LogP contribution in [0.4, 0.5) is 0 Å². The Kier molecular flexibility index (Phi) is 4.33. The van der Waals surface area contributed by atoms with E-state index >= 15 is 0 Å². The predicted octanol–water partition coefficient (Wildman–Crippen LogP) is 1.12. The summed E-state index contributed by atoms with van der Waals surface area (Å²) in [6.07, 6.45) is 1.73. The van der Waals surface area contributed by atoms with E-state index in [2.05, 4.69) is 38.0 Å². The van der Waals surface area contributed by atoms with E-state index in [-0.39, 0.29) is 11.9 Å². The molecular weight excluding hydrogens is 202 g/mol. The summed E-state index contributed by atoms with van der Waals surface area (Å²) in [5.41, 5.74) is 2.56. The highest BCUT2D eigenvalue weighted by atomic mass is 16.2. The summed E-state index contributed by atoms with van der Waals surface area (Å²) in [6, 6.07) is 0.288. The molecule has 2 atom stereocenters. The highest BCUT2D eigenvalue weighted by Crippen LogP contribution is 2.34. The number of carbonyl (C=O) groups is 1. The van der Waals surface area contributed by atoms with Crippen molar-refractivity contribution in [2.45, 2.75) is 46.6 Å². The maximum Gasteiger partial charge on any atom is 0.235 e. The Morgan fingerprint density at radius 3 is 2.62 bits per heavy atom. The molecule has 1 amide bonds. The minimum Gasteiger partial charge on any atom is -0.300 e. The Morgan fingerprint density at radius 1 is 1.56 bits per heavy atom. The number of rotatable bonds is 3. The number of hydrogen-bond acceptors (Lipinski definition) is 3. The number of carbonyl (C=O) groups excluding carboxylic acids is 1. The number of hydrogen-bond donors (Lipinski definition) is 2. The molecule has 16 heavy (non-hydrogen) atoms. The Morgan fingerprint density at radius 2 is 2.19 bits per heavy atom. The van der Waals surface area contributed by atoms with Gasteiger partial charge < -0.3 is 0 Å². The molecule has 0 bridgehead atoms. The third-order valence-electron chi connectivity index (χ3n) is 3.71. The van der Waals surface area contributed by atoms with E-state index < -0.39 is 0 Å². The van der Waals surface area contributed by atoms with Gasteiger partial charge in [0, 0.05) is 19.0 Å². The summed E-state index contributed by atoms with van der Waals surface area (Å²) in [5, 5.41) is 0. The first-order chi connectivity index (χ1) is 7.34. The van der Waals surface area contributed by atoms with Crippen LogP contribution < -0.4 is 11.3 Å². The Labute approximate surface area is 98.5 Å². The van der Waals surface area contributed by atoms with Gasteiger partial charge >= 0.3 is 0 Å². The van der Waals surface area contributed by atoms with Crippen LogP contribution in [0.2, 0.25) is 0 Å². The molecule has 4 heteroatoms. The van der Waals surface area contributed by atoms with Crippen LogP contribution in [0.25, 0.3) is 0 Å². The number of likely N-dealkylation sites (tertiary alicyclic amines) is 1. The zero-order valence-electron chi connectivity index (χ0n) is 10.9. The van der Waals surface area contributed by atoms with Crippen molar-refractivity contribution in [3.05, 3.63) is 0 Å². The lowest BCUT2D eigenvalue weighted by molar-refractivity contribution is -0.122. The van der Waals surface area contributed by atoms with Crippen LogP contribution in [-0.4, -0.2) is 29.9 Å². The molecule has 1 aliphatic heterocycles. The largest absolute Gasteiger partial charge is 0.300 e. The summed E-state index contributed by atoms with van der Waals surface area (Å²) in [7, 11) is 0. The lowest BCUT2D eigenvalue weighted by atomic mass is 9.80. The molecule has 1 rings (SSSR count). The van der Waals surface area contributed by atoms with Crippen molar-refractivity contribution in [1.29, 1.82) is 0 Å². The van der Waals surface area contributed by atoms with Gasteiger partial charge in [0.05, 0.1) is 0 Å². The van der Waals surface area contributed by atoms with Crippen LogP contribution in [0.1, 0.15) is 40.5 Å². The van der Waals surface area contributed by atoms with Crippen LogP contribution in [0, 0.1) is 11.3 Å². The third-order valence-corrected chi connectivity index (χ3v) is 3.71. The standard InChI is InChI=1S/C12H25N3O/c1-9(7-11(16)14-13)15-6-5-10(8-15)12(2,3)4/h9-10H,5-8,13H2,1-4H3,(H,14,16). The lowest BCUT2D eigenvalue weighted by Crippen LogP contribution is -2.39. The summed E-state index contributed by atoms with van der Waals surface area (Å²) >= 11 is 0. The summed E-state index contributed by atoms with van der Waals surface area (Å²) in [6.45, 7) is 11.2. The van der Waals surface area contributed by atoms with Gasteiger partial charge in [0.15, 0.2) is 0 Å². The van der Waals surface area contributed by atoms with Gasteiger partial charge in [-0.15, -0.1) is 0 Å². The Hall–Kier alpha value is -0.610. The van der Waals surface area contributed by atoms with E-state index in [1.807, 2.05) is 0 Å². The van der Waals surface area contributed by atoms with Crippen molar-refractivity contribution in [3.8, 4) is 0 Å². The first-order valence-electron chi connectivity index (χ1n) is 6.08. The Bertz CT molecular complexity index is 247. The third kappa shape index (κ3) is 3.46. The van der Waals surface area contributed by atoms with Crippen molar-refractivity contribution in [2.24, 2.45) is 17.2 Å². The van der Waals surface area contributed by atoms with Gasteiger partial charge in [-0.1, -0.05) is 20.8 Å². The first kappa shape index (κ1) is 13.5. The zero-order valence-corrected chi connectivity index (χ0v) is 10.9. The maximum atomic E-state index is 11.2. The van der Waals surface area contributed by atoms with Crippen LogP contribution in [-0.2, 0) is 4.79 Å². The van der Waals surface area contributed by atoms with Crippen molar-refractivity contribution in [2.75, 3.05) is 13.1 Å². The van der Waals surface area contributed by atoms with Crippen molar-refractivity contribution >= 4 is 5.91 Å². The topological polar surface area (TPSA) is 58.4 Å². The summed E-state index contributed by atoms with van der Waals surface area (Å²) in [4.78, 5) is 13.6. The second-order valence-corrected chi connectivity index (χ2v) is 5.97. The van der Waals surface area contributed by atoms with Gasteiger partial charge in [-0.2, -0.15) is 0 Å². The maximum absolute atomic E-state index is 11.2. The van der Waals surface area contributed by atoms with Crippen LogP contribution in [0.5, 0.6) is 0 Å². The average Bonchev–Trinajstić information content (AvgIpc) is 2.65. The smallest absolute Gasteiger partial charge is 0.235 e.